The van der Waals surface area contributed by atoms with Crippen molar-refractivity contribution in [2.75, 3.05) is 0 Å². The van der Waals surface area contributed by atoms with Gasteiger partial charge in [-0.05, 0) is 12.3 Å². The van der Waals surface area contributed by atoms with Gasteiger partial charge in [0.2, 0.25) is 0 Å². The Morgan fingerprint density at radius 3 is 1.50 bits per heavy atom. The molecule has 0 nitrogen and oxygen atoms in total. The van der Waals surface area contributed by atoms with E-state index in [4.69, 9.17) is 0 Å². The Labute approximate surface area is 66.3 Å². The molecule has 0 rings (SSSR count). The number of rotatable bonds is 3. The molecule has 0 unspecified atom stereocenters. The first kappa shape index (κ1) is 12.4. The quantitative estimate of drug-likeness (QED) is 0.522. The number of allylic oxidation sites excluding steroid dienone is 1. The average Bonchev–Trinajstić information content (AvgIpc) is 2.03. The third-order valence-corrected chi connectivity index (χ3v) is 1.68. The van der Waals surface area contributed by atoms with Crippen LogP contribution in [-0.4, -0.2) is 0 Å². The normalized spacial score (nSPS) is 8.50. The van der Waals surface area contributed by atoms with Gasteiger partial charge in [-0.3, -0.25) is 0 Å². The van der Waals surface area contributed by atoms with E-state index in [-0.39, 0.29) is 0 Å². The predicted octanol–water partition coefficient (Wildman–Crippen LogP) is 4.02. The molecule has 0 N–H and O–H groups in total. The lowest BCUT2D eigenvalue weighted by Crippen LogP contribution is -1.85. The van der Waals surface area contributed by atoms with Crippen molar-refractivity contribution < 1.29 is 0 Å². The van der Waals surface area contributed by atoms with Crippen molar-refractivity contribution in [2.45, 2.75) is 47.0 Å². The van der Waals surface area contributed by atoms with Gasteiger partial charge in [-0.1, -0.05) is 46.6 Å². The van der Waals surface area contributed by atoms with Gasteiger partial charge in [0.15, 0.2) is 0 Å². The highest BCUT2D eigenvalue weighted by atomic mass is 13.9. The SMILES string of the molecule is C=CCC.CCC(C)CC. The standard InChI is InChI=1S/C6H14.C4H8/c1-4-6(3)5-2;1-3-4-2/h6H,4-5H2,1-3H3;3H,1,4H2,2H3. The summed E-state index contributed by atoms with van der Waals surface area (Å²) in [4.78, 5) is 0. The fourth-order valence-electron chi connectivity index (χ4n) is 0.289. The molecule has 0 saturated heterocycles. The van der Waals surface area contributed by atoms with Crippen LogP contribution in [0.1, 0.15) is 47.0 Å². The van der Waals surface area contributed by atoms with Crippen molar-refractivity contribution in [3.63, 3.8) is 0 Å². The summed E-state index contributed by atoms with van der Waals surface area (Å²) in [6.07, 6.45) is 5.62. The maximum atomic E-state index is 3.48. The van der Waals surface area contributed by atoms with Crippen molar-refractivity contribution in [2.24, 2.45) is 5.92 Å². The third kappa shape index (κ3) is 15.6. The summed E-state index contributed by atoms with van der Waals surface area (Å²) >= 11 is 0. The van der Waals surface area contributed by atoms with Crippen LogP contribution in [0.25, 0.3) is 0 Å². The van der Waals surface area contributed by atoms with E-state index in [0.717, 1.165) is 12.3 Å². The second kappa shape index (κ2) is 11.5. The minimum atomic E-state index is 0.935. The lowest BCUT2D eigenvalue weighted by atomic mass is 10.1. The second-order valence-electron chi connectivity index (χ2n) is 2.62. The Hall–Kier alpha value is -0.260. The first-order chi connectivity index (χ1) is 4.72. The molecule has 10 heavy (non-hydrogen) atoms. The zero-order valence-corrected chi connectivity index (χ0v) is 7.98. The Balaban J connectivity index is 0. The van der Waals surface area contributed by atoms with Crippen molar-refractivity contribution in [1.82, 2.24) is 0 Å². The fraction of sp³-hybridized carbons (Fsp3) is 0.800. The van der Waals surface area contributed by atoms with Gasteiger partial charge in [0.25, 0.3) is 0 Å². The molecule has 0 fully saturated rings. The maximum Gasteiger partial charge on any atom is -0.0382 e. The van der Waals surface area contributed by atoms with Crippen LogP contribution in [0.2, 0.25) is 0 Å². The van der Waals surface area contributed by atoms with E-state index in [0.29, 0.717) is 0 Å². The molecule has 0 radical (unpaired) electrons. The van der Waals surface area contributed by atoms with Gasteiger partial charge in [0, 0.05) is 0 Å². The molecule has 0 spiro atoms. The van der Waals surface area contributed by atoms with Gasteiger partial charge in [-0.2, -0.15) is 0 Å². The molecule has 0 atom stereocenters. The summed E-state index contributed by atoms with van der Waals surface area (Å²) < 4.78 is 0. The van der Waals surface area contributed by atoms with E-state index in [1.165, 1.54) is 12.8 Å². The van der Waals surface area contributed by atoms with Crippen LogP contribution in [0.3, 0.4) is 0 Å². The van der Waals surface area contributed by atoms with Crippen molar-refractivity contribution >= 4 is 0 Å². The van der Waals surface area contributed by atoms with Gasteiger partial charge in [0.1, 0.15) is 0 Å². The van der Waals surface area contributed by atoms with E-state index in [1.807, 2.05) is 6.08 Å². The molecule has 0 aromatic heterocycles. The van der Waals surface area contributed by atoms with Crippen LogP contribution in [-0.2, 0) is 0 Å². The van der Waals surface area contributed by atoms with Gasteiger partial charge < -0.3 is 0 Å². The summed E-state index contributed by atoms with van der Waals surface area (Å²) in [5, 5.41) is 0. The summed E-state index contributed by atoms with van der Waals surface area (Å²) in [5.74, 6) is 0.935. The zero-order chi connectivity index (χ0) is 8.41. The molecule has 0 heterocycles. The Kier molecular flexibility index (Phi) is 14.3. The van der Waals surface area contributed by atoms with Crippen LogP contribution in [0.4, 0.5) is 0 Å². The van der Waals surface area contributed by atoms with Crippen LogP contribution in [0.15, 0.2) is 12.7 Å². The largest absolute Gasteiger partial charge is 0.103 e. The molecule has 0 aliphatic heterocycles. The summed E-state index contributed by atoms with van der Waals surface area (Å²) in [6.45, 7) is 12.3. The zero-order valence-electron chi connectivity index (χ0n) is 7.98. The van der Waals surface area contributed by atoms with E-state index in [2.05, 4.69) is 34.3 Å². The molecule has 0 aromatic carbocycles. The molecule has 0 saturated carbocycles. The minimum absolute atomic E-state index is 0.935. The van der Waals surface area contributed by atoms with E-state index >= 15 is 0 Å². The molecule has 62 valence electrons. The predicted molar refractivity (Wildman–Crippen MR) is 50.2 cm³/mol. The number of hydrogen-bond donors (Lipinski definition) is 0. The molecule has 0 aliphatic carbocycles. The monoisotopic (exact) mass is 142 g/mol. The van der Waals surface area contributed by atoms with Crippen LogP contribution in [0, 0.1) is 5.92 Å². The van der Waals surface area contributed by atoms with Gasteiger partial charge >= 0.3 is 0 Å². The molecule has 0 bridgehead atoms. The van der Waals surface area contributed by atoms with Crippen LogP contribution in [0.5, 0.6) is 0 Å². The molecule has 0 aliphatic rings. The van der Waals surface area contributed by atoms with E-state index in [9.17, 15) is 0 Å². The summed E-state index contributed by atoms with van der Waals surface area (Å²) in [6, 6.07) is 0. The molecule has 0 aromatic rings. The Morgan fingerprint density at radius 1 is 1.20 bits per heavy atom. The Bertz CT molecular complexity index is 51.1. The lowest BCUT2D eigenvalue weighted by Gasteiger charge is -1.98. The summed E-state index contributed by atoms with van der Waals surface area (Å²) in [7, 11) is 0. The highest BCUT2D eigenvalue weighted by molar-refractivity contribution is 4.60. The molecule has 0 amide bonds. The third-order valence-electron chi connectivity index (χ3n) is 1.68. The second-order valence-corrected chi connectivity index (χ2v) is 2.62. The highest BCUT2D eigenvalue weighted by Crippen LogP contribution is 2.02. The van der Waals surface area contributed by atoms with Crippen molar-refractivity contribution in [3.05, 3.63) is 12.7 Å². The lowest BCUT2D eigenvalue weighted by molar-refractivity contribution is 0.544. The Morgan fingerprint density at radius 2 is 1.50 bits per heavy atom. The van der Waals surface area contributed by atoms with E-state index in [1.54, 1.807) is 0 Å². The van der Waals surface area contributed by atoms with Gasteiger partial charge in [-0.25, -0.2) is 0 Å². The molecule has 0 heteroatoms. The van der Waals surface area contributed by atoms with E-state index < -0.39 is 0 Å². The first-order valence-corrected chi connectivity index (χ1v) is 4.33. The van der Waals surface area contributed by atoms with Gasteiger partial charge in [0.05, 0.1) is 0 Å². The topological polar surface area (TPSA) is 0 Å². The summed E-state index contributed by atoms with van der Waals surface area (Å²) in [5.41, 5.74) is 0. The average molecular weight is 142 g/mol. The number of hydrogen-bond acceptors (Lipinski definition) is 0. The fourth-order valence-corrected chi connectivity index (χ4v) is 0.289. The molecular formula is C10H22. The smallest absolute Gasteiger partial charge is 0.0382 e. The molecular weight excluding hydrogens is 120 g/mol. The first-order valence-electron chi connectivity index (χ1n) is 4.33. The van der Waals surface area contributed by atoms with Gasteiger partial charge in [-0.15, -0.1) is 6.58 Å². The highest BCUT2D eigenvalue weighted by Gasteiger charge is 1.88. The maximum absolute atomic E-state index is 3.48. The van der Waals surface area contributed by atoms with Crippen molar-refractivity contribution in [1.29, 1.82) is 0 Å². The van der Waals surface area contributed by atoms with Crippen LogP contribution >= 0.6 is 0 Å². The minimum Gasteiger partial charge on any atom is -0.103 e. The van der Waals surface area contributed by atoms with Crippen LogP contribution < -0.4 is 0 Å². The van der Waals surface area contributed by atoms with Crippen molar-refractivity contribution in [3.8, 4) is 0 Å².